The molecule has 0 atom stereocenters. The predicted octanol–water partition coefficient (Wildman–Crippen LogP) is 4.22. The number of thioether (sulfide) groups is 1. The lowest BCUT2D eigenvalue weighted by atomic mass is 10.1. The standard InChI is InChI=1S/C21H23ClN2O3S/c1-14-2-3-15(13-24-4-8-28-9-5-24)10-18(14)23-21(25)16-11-17(22)20-19(12-16)26-6-7-27-20/h2-3,10-12H,4-9,13H2,1H3,(H,23,25). The molecule has 1 fully saturated rings. The summed E-state index contributed by atoms with van der Waals surface area (Å²) in [6.07, 6.45) is 0. The number of carbonyl (C=O) groups excluding carboxylic acids is 1. The highest BCUT2D eigenvalue weighted by molar-refractivity contribution is 7.99. The van der Waals surface area contributed by atoms with Gasteiger partial charge in [-0.3, -0.25) is 9.69 Å². The maximum atomic E-state index is 12.8. The summed E-state index contributed by atoms with van der Waals surface area (Å²) in [5.41, 5.74) is 3.50. The molecule has 0 aliphatic carbocycles. The Morgan fingerprint density at radius 2 is 1.96 bits per heavy atom. The number of ether oxygens (including phenoxy) is 2. The molecular weight excluding hydrogens is 396 g/mol. The van der Waals surface area contributed by atoms with Crippen LogP contribution in [0.25, 0.3) is 0 Å². The highest BCUT2D eigenvalue weighted by Crippen LogP contribution is 2.38. The fraction of sp³-hybridized carbons (Fsp3) is 0.381. The van der Waals surface area contributed by atoms with E-state index in [9.17, 15) is 4.79 Å². The van der Waals surface area contributed by atoms with Crippen LogP contribution in [0.4, 0.5) is 5.69 Å². The maximum absolute atomic E-state index is 12.8. The number of hydrogen-bond donors (Lipinski definition) is 1. The van der Waals surface area contributed by atoms with Crippen LogP contribution >= 0.6 is 23.4 Å². The van der Waals surface area contributed by atoms with Crippen molar-refractivity contribution in [3.05, 3.63) is 52.0 Å². The van der Waals surface area contributed by atoms with Crippen LogP contribution in [0.1, 0.15) is 21.5 Å². The minimum Gasteiger partial charge on any atom is -0.486 e. The molecule has 0 spiro atoms. The summed E-state index contributed by atoms with van der Waals surface area (Å²) in [7, 11) is 0. The minimum absolute atomic E-state index is 0.214. The SMILES string of the molecule is Cc1ccc(CN2CCSCC2)cc1NC(=O)c1cc(Cl)c2c(c1)OCCO2. The molecule has 2 aliphatic heterocycles. The molecule has 0 saturated carbocycles. The molecular formula is C21H23ClN2O3S. The lowest BCUT2D eigenvalue weighted by molar-refractivity contribution is 0.102. The minimum atomic E-state index is -0.214. The van der Waals surface area contributed by atoms with Crippen LogP contribution in [0.15, 0.2) is 30.3 Å². The average Bonchev–Trinajstić information content (AvgIpc) is 2.71. The third kappa shape index (κ3) is 4.40. The van der Waals surface area contributed by atoms with Gasteiger partial charge in [0.15, 0.2) is 11.5 Å². The Morgan fingerprint density at radius 1 is 1.18 bits per heavy atom. The summed E-state index contributed by atoms with van der Waals surface area (Å²) in [6.45, 7) is 6.02. The Balaban J connectivity index is 1.51. The topological polar surface area (TPSA) is 50.8 Å². The first-order chi connectivity index (χ1) is 13.6. The average molecular weight is 419 g/mol. The van der Waals surface area contributed by atoms with Gasteiger partial charge in [0.2, 0.25) is 0 Å². The highest BCUT2D eigenvalue weighted by Gasteiger charge is 2.20. The number of nitrogens with zero attached hydrogens (tertiary/aromatic N) is 1. The molecule has 148 valence electrons. The van der Waals surface area contributed by atoms with E-state index in [2.05, 4.69) is 28.4 Å². The van der Waals surface area contributed by atoms with Gasteiger partial charge in [-0.15, -0.1) is 0 Å². The molecule has 4 rings (SSSR count). The van der Waals surface area contributed by atoms with Gasteiger partial charge < -0.3 is 14.8 Å². The molecule has 0 radical (unpaired) electrons. The van der Waals surface area contributed by atoms with Crippen molar-refractivity contribution in [1.82, 2.24) is 4.90 Å². The second-order valence-electron chi connectivity index (χ2n) is 6.97. The van der Waals surface area contributed by atoms with Crippen molar-refractivity contribution in [2.24, 2.45) is 0 Å². The fourth-order valence-corrected chi connectivity index (χ4v) is 4.60. The molecule has 1 saturated heterocycles. The first-order valence-electron chi connectivity index (χ1n) is 9.40. The van der Waals surface area contributed by atoms with Crippen molar-refractivity contribution in [3.63, 3.8) is 0 Å². The van der Waals surface area contributed by atoms with Gasteiger partial charge in [0.1, 0.15) is 13.2 Å². The van der Waals surface area contributed by atoms with Gasteiger partial charge in [-0.1, -0.05) is 23.7 Å². The first-order valence-corrected chi connectivity index (χ1v) is 10.9. The van der Waals surface area contributed by atoms with Crippen LogP contribution in [0.3, 0.4) is 0 Å². The number of rotatable bonds is 4. The Bertz CT molecular complexity index is 884. The number of amides is 1. The third-order valence-electron chi connectivity index (χ3n) is 4.92. The van der Waals surface area contributed by atoms with Crippen LogP contribution in [0.5, 0.6) is 11.5 Å². The van der Waals surface area contributed by atoms with E-state index < -0.39 is 0 Å². The van der Waals surface area contributed by atoms with Gasteiger partial charge in [0.25, 0.3) is 5.91 Å². The molecule has 5 nitrogen and oxygen atoms in total. The lowest BCUT2D eigenvalue weighted by Crippen LogP contribution is -2.32. The summed E-state index contributed by atoms with van der Waals surface area (Å²) in [5, 5.41) is 3.41. The number of aryl methyl sites for hydroxylation is 1. The van der Waals surface area contributed by atoms with Crippen molar-refractivity contribution >= 4 is 35.0 Å². The normalized spacial score (nSPS) is 16.6. The van der Waals surface area contributed by atoms with E-state index >= 15 is 0 Å². The van der Waals surface area contributed by atoms with E-state index in [1.165, 1.54) is 17.1 Å². The van der Waals surface area contributed by atoms with Crippen molar-refractivity contribution < 1.29 is 14.3 Å². The molecule has 2 heterocycles. The Hall–Kier alpha value is -1.89. The van der Waals surface area contributed by atoms with E-state index in [1.807, 2.05) is 18.7 Å². The van der Waals surface area contributed by atoms with E-state index in [0.29, 0.717) is 35.3 Å². The highest BCUT2D eigenvalue weighted by atomic mass is 35.5. The van der Waals surface area contributed by atoms with Gasteiger partial charge in [-0.05, 0) is 36.2 Å². The van der Waals surface area contributed by atoms with Gasteiger partial charge in [-0.25, -0.2) is 0 Å². The van der Waals surface area contributed by atoms with Crippen molar-refractivity contribution in [2.45, 2.75) is 13.5 Å². The van der Waals surface area contributed by atoms with Crippen LogP contribution in [0.2, 0.25) is 5.02 Å². The maximum Gasteiger partial charge on any atom is 0.255 e. The van der Waals surface area contributed by atoms with E-state index in [-0.39, 0.29) is 5.91 Å². The second kappa shape index (κ2) is 8.64. The molecule has 1 N–H and O–H groups in total. The number of nitrogens with one attached hydrogen (secondary N) is 1. The molecule has 2 aliphatic rings. The Labute approximate surface area is 174 Å². The predicted molar refractivity (Wildman–Crippen MR) is 114 cm³/mol. The molecule has 1 amide bonds. The van der Waals surface area contributed by atoms with Gasteiger partial charge in [0.05, 0.1) is 5.02 Å². The monoisotopic (exact) mass is 418 g/mol. The third-order valence-corrected chi connectivity index (χ3v) is 6.14. The number of carbonyl (C=O) groups is 1. The summed E-state index contributed by atoms with van der Waals surface area (Å²) in [5.74, 6) is 3.16. The summed E-state index contributed by atoms with van der Waals surface area (Å²) < 4.78 is 11.1. The molecule has 0 unspecified atom stereocenters. The smallest absolute Gasteiger partial charge is 0.255 e. The van der Waals surface area contributed by atoms with E-state index in [1.54, 1.807) is 12.1 Å². The van der Waals surface area contributed by atoms with Crippen LogP contribution in [0, 0.1) is 6.92 Å². The Kier molecular flexibility index (Phi) is 5.99. The van der Waals surface area contributed by atoms with E-state index in [4.69, 9.17) is 21.1 Å². The molecule has 0 aromatic heterocycles. The zero-order valence-corrected chi connectivity index (χ0v) is 17.4. The van der Waals surface area contributed by atoms with Crippen molar-refractivity contribution in [3.8, 4) is 11.5 Å². The quantitative estimate of drug-likeness (QED) is 0.805. The number of halogens is 1. The molecule has 2 aromatic carbocycles. The van der Waals surface area contributed by atoms with Crippen LogP contribution < -0.4 is 14.8 Å². The molecule has 2 aromatic rings. The van der Waals surface area contributed by atoms with Gasteiger partial charge >= 0.3 is 0 Å². The molecule has 0 bridgehead atoms. The molecule has 7 heteroatoms. The summed E-state index contributed by atoms with van der Waals surface area (Å²) >= 11 is 8.27. The van der Waals surface area contributed by atoms with Crippen molar-refractivity contribution in [1.29, 1.82) is 0 Å². The van der Waals surface area contributed by atoms with Crippen molar-refractivity contribution in [2.75, 3.05) is 43.1 Å². The zero-order valence-electron chi connectivity index (χ0n) is 15.8. The van der Waals surface area contributed by atoms with E-state index in [0.717, 1.165) is 30.9 Å². The van der Waals surface area contributed by atoms with Crippen LogP contribution in [-0.2, 0) is 6.54 Å². The zero-order chi connectivity index (χ0) is 19.5. The van der Waals surface area contributed by atoms with Gasteiger partial charge in [0, 0.05) is 42.4 Å². The summed E-state index contributed by atoms with van der Waals surface area (Å²) in [6, 6.07) is 9.55. The fourth-order valence-electron chi connectivity index (χ4n) is 3.36. The number of anilines is 1. The van der Waals surface area contributed by atoms with Crippen LogP contribution in [-0.4, -0.2) is 48.6 Å². The second-order valence-corrected chi connectivity index (χ2v) is 8.61. The lowest BCUT2D eigenvalue weighted by Gasteiger charge is -2.26. The number of fused-ring (bicyclic) bond motifs is 1. The summed E-state index contributed by atoms with van der Waals surface area (Å²) in [4.78, 5) is 15.3. The Morgan fingerprint density at radius 3 is 2.79 bits per heavy atom. The molecule has 28 heavy (non-hydrogen) atoms. The number of hydrogen-bond acceptors (Lipinski definition) is 5. The van der Waals surface area contributed by atoms with Gasteiger partial charge in [-0.2, -0.15) is 11.8 Å². The first kappa shape index (κ1) is 19.4. The largest absolute Gasteiger partial charge is 0.486 e. The number of benzene rings is 2.